The Labute approximate surface area is 274 Å². The van der Waals surface area contributed by atoms with E-state index in [2.05, 4.69) is 69.8 Å². The molecule has 0 aliphatic carbocycles. The first-order valence-electron chi connectivity index (χ1n) is 15.1. The van der Waals surface area contributed by atoms with Crippen molar-refractivity contribution < 1.29 is 19.0 Å². The second-order valence-electron chi connectivity index (χ2n) is 10.9. The molecule has 0 aliphatic rings. The van der Waals surface area contributed by atoms with E-state index in [0.29, 0.717) is 0 Å². The molecule has 0 fully saturated rings. The Balaban J connectivity index is 1.09. The Morgan fingerprint density at radius 2 is 0.913 bits per heavy atom. The predicted molar refractivity (Wildman–Crippen MR) is 187 cm³/mol. The number of non-ortho nitro benzene ring substituents is 2. The number of para-hydroxylation sites is 2. The van der Waals surface area contributed by atoms with Crippen molar-refractivity contribution >= 4 is 78.8 Å². The van der Waals surface area contributed by atoms with Gasteiger partial charge in [0.15, 0.2) is 13.1 Å². The van der Waals surface area contributed by atoms with Crippen molar-refractivity contribution in [1.29, 1.82) is 0 Å². The summed E-state index contributed by atoms with van der Waals surface area (Å²) in [5.41, 5.74) is 4.48. The average Bonchev–Trinajstić information content (AvgIpc) is 3.62. The van der Waals surface area contributed by atoms with Crippen molar-refractivity contribution in [3.8, 4) is 0 Å². The van der Waals surface area contributed by atoms with Gasteiger partial charge in [0.05, 0.1) is 9.85 Å². The number of aromatic nitrogens is 2. The maximum atomic E-state index is 11.0. The summed E-state index contributed by atoms with van der Waals surface area (Å²) >= 11 is 3.51. The summed E-state index contributed by atoms with van der Waals surface area (Å²) in [5, 5.41) is 24.3. The largest absolute Gasteiger partial charge is 0.269 e. The van der Waals surface area contributed by atoms with Crippen LogP contribution in [0.1, 0.15) is 46.8 Å². The Morgan fingerprint density at radius 1 is 0.522 bits per heavy atom. The van der Waals surface area contributed by atoms with Crippen LogP contribution in [0.4, 0.5) is 11.4 Å². The molecule has 6 aromatic rings. The van der Waals surface area contributed by atoms with Gasteiger partial charge in [-0.05, 0) is 72.5 Å². The number of nitrogens with zero attached hydrogens (tertiary/aromatic N) is 4. The fraction of sp³-hybridized carbons (Fsp3) is 0.167. The highest BCUT2D eigenvalue weighted by Crippen LogP contribution is 2.25. The highest BCUT2D eigenvalue weighted by Gasteiger charge is 2.20. The summed E-state index contributed by atoms with van der Waals surface area (Å²) in [6.07, 6.45) is 12.6. The Hall–Kier alpha value is -5.06. The van der Waals surface area contributed by atoms with Crippen LogP contribution in [-0.4, -0.2) is 9.85 Å². The summed E-state index contributed by atoms with van der Waals surface area (Å²) in [6.45, 7) is 1.84. The van der Waals surface area contributed by atoms with Gasteiger partial charge in [0, 0.05) is 61.4 Å². The third kappa shape index (κ3) is 7.25. The van der Waals surface area contributed by atoms with Crippen LogP contribution in [0.2, 0.25) is 0 Å². The standard InChI is InChI=1S/C36H32N4O4S2/c41-39(42)29-19-13-27(14-20-29)17-23-35-37(31-9-3-5-11-33(31)45-35)25-7-1-2-8-26-38-32-10-4-6-12-34(32)46-36(38)24-18-28-15-21-30(22-16-28)40(43)44/h3-6,9-24H,1-2,7-8,25-26H2/q+2/b23-17+,24-18+. The molecule has 0 unspecified atom stereocenters. The lowest BCUT2D eigenvalue weighted by molar-refractivity contribution is -0.670. The fourth-order valence-electron chi connectivity index (χ4n) is 5.46. The van der Waals surface area contributed by atoms with Gasteiger partial charge in [-0.3, -0.25) is 20.2 Å². The van der Waals surface area contributed by atoms with Crippen LogP contribution in [-0.2, 0) is 13.1 Å². The van der Waals surface area contributed by atoms with E-state index >= 15 is 0 Å². The number of hydrogen-bond donors (Lipinski definition) is 0. The van der Waals surface area contributed by atoms with E-state index in [4.69, 9.17) is 0 Å². The van der Waals surface area contributed by atoms with E-state index in [9.17, 15) is 20.2 Å². The van der Waals surface area contributed by atoms with Gasteiger partial charge in [-0.25, -0.2) is 0 Å². The molecule has 0 aliphatic heterocycles. The first-order valence-corrected chi connectivity index (χ1v) is 16.8. The molecule has 8 nitrogen and oxygen atoms in total. The molecule has 2 aromatic heterocycles. The van der Waals surface area contributed by atoms with Crippen LogP contribution >= 0.6 is 22.7 Å². The highest BCUT2D eigenvalue weighted by atomic mass is 32.1. The second-order valence-corrected chi connectivity index (χ2v) is 13.0. The fourth-order valence-corrected chi connectivity index (χ4v) is 7.64. The van der Waals surface area contributed by atoms with Gasteiger partial charge in [-0.2, -0.15) is 9.13 Å². The topological polar surface area (TPSA) is 94.0 Å². The maximum absolute atomic E-state index is 11.0. The zero-order valence-electron chi connectivity index (χ0n) is 25.0. The zero-order valence-corrected chi connectivity index (χ0v) is 26.7. The molecular weight excluding hydrogens is 617 g/mol. The quantitative estimate of drug-likeness (QED) is 0.0540. The molecule has 0 atom stereocenters. The molecule has 0 radical (unpaired) electrons. The van der Waals surface area contributed by atoms with E-state index in [-0.39, 0.29) is 21.2 Å². The molecule has 0 saturated carbocycles. The summed E-state index contributed by atoms with van der Waals surface area (Å²) in [5.74, 6) is 0. The van der Waals surface area contributed by atoms with E-state index in [1.165, 1.54) is 44.7 Å². The smallest absolute Gasteiger partial charge is 0.258 e. The minimum Gasteiger partial charge on any atom is -0.258 e. The molecule has 0 spiro atoms. The summed E-state index contributed by atoms with van der Waals surface area (Å²) < 4.78 is 7.23. The Kier molecular flexibility index (Phi) is 9.66. The number of benzene rings is 4. The molecular formula is C36H32N4O4S2+2. The van der Waals surface area contributed by atoms with Crippen LogP contribution in [0.5, 0.6) is 0 Å². The molecule has 0 amide bonds. The lowest BCUT2D eigenvalue weighted by Gasteiger charge is -2.00. The number of aryl methyl sites for hydroxylation is 2. The van der Waals surface area contributed by atoms with Crippen molar-refractivity contribution in [3.05, 3.63) is 138 Å². The lowest BCUT2D eigenvalue weighted by Crippen LogP contribution is -2.35. The van der Waals surface area contributed by atoms with Gasteiger partial charge < -0.3 is 0 Å². The van der Waals surface area contributed by atoms with E-state index in [1.807, 2.05) is 12.2 Å². The molecule has 10 heteroatoms. The zero-order chi connectivity index (χ0) is 31.9. The molecule has 0 N–H and O–H groups in total. The monoisotopic (exact) mass is 648 g/mol. The predicted octanol–water partition coefficient (Wildman–Crippen LogP) is 9.11. The van der Waals surface area contributed by atoms with E-state index in [0.717, 1.165) is 59.9 Å². The molecule has 0 saturated heterocycles. The molecule has 6 rings (SSSR count). The van der Waals surface area contributed by atoms with Gasteiger partial charge in [0.2, 0.25) is 11.0 Å². The van der Waals surface area contributed by atoms with Crippen molar-refractivity contribution in [2.24, 2.45) is 0 Å². The van der Waals surface area contributed by atoms with Gasteiger partial charge >= 0.3 is 0 Å². The number of hydrogen-bond acceptors (Lipinski definition) is 6. The minimum atomic E-state index is -0.380. The third-order valence-corrected chi connectivity index (χ3v) is 10.1. The summed E-state index contributed by atoms with van der Waals surface area (Å²) in [7, 11) is 0. The van der Waals surface area contributed by atoms with E-state index < -0.39 is 0 Å². The van der Waals surface area contributed by atoms with Gasteiger partial charge in [-0.1, -0.05) is 46.9 Å². The van der Waals surface area contributed by atoms with Crippen molar-refractivity contribution in [2.45, 2.75) is 38.8 Å². The highest BCUT2D eigenvalue weighted by molar-refractivity contribution is 7.19. The Morgan fingerprint density at radius 3 is 1.30 bits per heavy atom. The second kappa shape index (κ2) is 14.4. The summed E-state index contributed by atoms with van der Waals surface area (Å²) in [4.78, 5) is 21.2. The first-order chi connectivity index (χ1) is 22.5. The number of rotatable bonds is 13. The maximum Gasteiger partial charge on any atom is 0.269 e. The van der Waals surface area contributed by atoms with Crippen LogP contribution in [0.15, 0.2) is 97.1 Å². The van der Waals surface area contributed by atoms with Crippen molar-refractivity contribution in [3.63, 3.8) is 0 Å². The number of nitro benzene ring substituents is 2. The van der Waals surface area contributed by atoms with E-state index in [1.54, 1.807) is 46.9 Å². The molecule has 46 heavy (non-hydrogen) atoms. The first kappa shape index (κ1) is 30.9. The normalized spacial score (nSPS) is 11.7. The average molecular weight is 649 g/mol. The van der Waals surface area contributed by atoms with Crippen LogP contribution in [0.3, 0.4) is 0 Å². The van der Waals surface area contributed by atoms with Gasteiger partial charge in [0.1, 0.15) is 9.40 Å². The molecule has 0 bridgehead atoms. The third-order valence-electron chi connectivity index (χ3n) is 7.83. The lowest BCUT2D eigenvalue weighted by atomic mass is 10.1. The number of unbranched alkanes of at least 4 members (excludes halogenated alkanes) is 3. The van der Waals surface area contributed by atoms with Crippen molar-refractivity contribution in [2.75, 3.05) is 0 Å². The van der Waals surface area contributed by atoms with Crippen LogP contribution in [0.25, 0.3) is 44.7 Å². The number of thiazole rings is 2. The SMILES string of the molecule is O=[N+]([O-])c1ccc(/C=C/c2sc3ccccc3[n+]2CCCCCC[n+]2c(/C=C/c3ccc([N+](=O)[O-])cc3)sc3ccccc32)cc1. The van der Waals surface area contributed by atoms with Crippen LogP contribution in [0, 0.1) is 20.2 Å². The van der Waals surface area contributed by atoms with Crippen molar-refractivity contribution in [1.82, 2.24) is 0 Å². The van der Waals surface area contributed by atoms with Crippen LogP contribution < -0.4 is 9.13 Å². The van der Waals surface area contributed by atoms with Gasteiger partial charge in [0.25, 0.3) is 21.4 Å². The minimum absolute atomic E-state index is 0.0922. The number of nitro groups is 2. The molecule has 230 valence electrons. The number of fused-ring (bicyclic) bond motifs is 2. The molecule has 2 heterocycles. The summed E-state index contributed by atoms with van der Waals surface area (Å²) in [6, 6.07) is 30.2. The molecule has 4 aromatic carbocycles. The van der Waals surface area contributed by atoms with Gasteiger partial charge in [-0.15, -0.1) is 0 Å². The Bertz CT molecular complexity index is 1910.